The fourth-order valence-corrected chi connectivity index (χ4v) is 3.17. The lowest BCUT2D eigenvalue weighted by atomic mass is 10.1. The summed E-state index contributed by atoms with van der Waals surface area (Å²) in [7, 11) is 0. The summed E-state index contributed by atoms with van der Waals surface area (Å²) in [6, 6.07) is 12.5. The van der Waals surface area contributed by atoms with Gasteiger partial charge in [-0.3, -0.25) is 4.57 Å². The lowest BCUT2D eigenvalue weighted by Crippen LogP contribution is -2.12. The summed E-state index contributed by atoms with van der Waals surface area (Å²) >= 11 is 0. The zero-order valence-electron chi connectivity index (χ0n) is 12.7. The van der Waals surface area contributed by atoms with Crippen molar-refractivity contribution >= 4 is 11.2 Å². The van der Waals surface area contributed by atoms with Crippen LogP contribution in [0.2, 0.25) is 0 Å². The minimum Gasteiger partial charge on any atom is -0.358 e. The third kappa shape index (κ3) is 2.40. The first-order chi connectivity index (χ1) is 10.8. The highest BCUT2D eigenvalue weighted by atomic mass is 16.5. The molecule has 3 aromatic rings. The van der Waals surface area contributed by atoms with E-state index in [-0.39, 0.29) is 6.23 Å². The van der Waals surface area contributed by atoms with E-state index >= 15 is 0 Å². The lowest BCUT2D eigenvalue weighted by Gasteiger charge is -2.15. The van der Waals surface area contributed by atoms with E-state index in [2.05, 4.69) is 40.7 Å². The zero-order valence-corrected chi connectivity index (χ0v) is 12.7. The molecule has 1 aromatic carbocycles. The zero-order chi connectivity index (χ0) is 14.9. The molecule has 4 rings (SSSR count). The number of hydrogen-bond acceptors (Lipinski definition) is 3. The molecular formula is C18H19N3O. The number of ether oxygens (including phenoxy) is 1. The SMILES string of the molecule is Cc1cccc(Cc2nc3cccnc3n2C2CCCO2)c1. The van der Waals surface area contributed by atoms with E-state index in [1.165, 1.54) is 11.1 Å². The quantitative estimate of drug-likeness (QED) is 0.740. The van der Waals surface area contributed by atoms with Crippen molar-refractivity contribution in [2.75, 3.05) is 6.61 Å². The van der Waals surface area contributed by atoms with Crippen molar-refractivity contribution in [3.63, 3.8) is 0 Å². The number of hydrogen-bond donors (Lipinski definition) is 0. The molecule has 0 amide bonds. The Balaban J connectivity index is 1.80. The van der Waals surface area contributed by atoms with E-state index < -0.39 is 0 Å². The third-order valence-electron chi connectivity index (χ3n) is 4.16. The minimum atomic E-state index is 0.0692. The number of aromatic nitrogens is 3. The first kappa shape index (κ1) is 13.5. The number of fused-ring (bicyclic) bond motifs is 1. The van der Waals surface area contributed by atoms with Gasteiger partial charge in [0.2, 0.25) is 0 Å². The van der Waals surface area contributed by atoms with Gasteiger partial charge in [0, 0.05) is 19.2 Å². The fraction of sp³-hybridized carbons (Fsp3) is 0.333. The van der Waals surface area contributed by atoms with Gasteiger partial charge in [0.1, 0.15) is 17.6 Å². The van der Waals surface area contributed by atoms with E-state index in [9.17, 15) is 0 Å². The molecule has 1 aliphatic heterocycles. The average molecular weight is 293 g/mol. The first-order valence-corrected chi connectivity index (χ1v) is 7.80. The van der Waals surface area contributed by atoms with Gasteiger partial charge in [-0.1, -0.05) is 29.8 Å². The van der Waals surface area contributed by atoms with Crippen molar-refractivity contribution in [1.29, 1.82) is 0 Å². The topological polar surface area (TPSA) is 39.9 Å². The molecule has 0 aliphatic carbocycles. The van der Waals surface area contributed by atoms with Crippen LogP contribution in [0.3, 0.4) is 0 Å². The predicted molar refractivity (Wildman–Crippen MR) is 85.7 cm³/mol. The maximum absolute atomic E-state index is 5.89. The van der Waals surface area contributed by atoms with Crippen LogP contribution in [0.1, 0.15) is 36.0 Å². The van der Waals surface area contributed by atoms with Crippen molar-refractivity contribution in [1.82, 2.24) is 14.5 Å². The molecule has 0 spiro atoms. The summed E-state index contributed by atoms with van der Waals surface area (Å²) in [4.78, 5) is 9.33. The Morgan fingerprint density at radius 1 is 1.27 bits per heavy atom. The van der Waals surface area contributed by atoms with Crippen LogP contribution in [0, 0.1) is 6.92 Å². The van der Waals surface area contributed by atoms with Gasteiger partial charge in [-0.15, -0.1) is 0 Å². The lowest BCUT2D eigenvalue weighted by molar-refractivity contribution is 0.0573. The highest BCUT2D eigenvalue weighted by Gasteiger charge is 2.23. The van der Waals surface area contributed by atoms with Gasteiger partial charge >= 0.3 is 0 Å². The molecule has 0 bridgehead atoms. The summed E-state index contributed by atoms with van der Waals surface area (Å²) < 4.78 is 8.08. The third-order valence-corrected chi connectivity index (χ3v) is 4.16. The highest BCUT2D eigenvalue weighted by molar-refractivity contribution is 5.71. The summed E-state index contributed by atoms with van der Waals surface area (Å²) in [5.74, 6) is 1.03. The first-order valence-electron chi connectivity index (χ1n) is 7.80. The van der Waals surface area contributed by atoms with E-state index in [1.807, 2.05) is 18.3 Å². The molecule has 0 N–H and O–H groups in total. The van der Waals surface area contributed by atoms with Crippen molar-refractivity contribution in [3.05, 3.63) is 59.5 Å². The average Bonchev–Trinajstić information content (AvgIpc) is 3.13. The van der Waals surface area contributed by atoms with Gasteiger partial charge in [0.25, 0.3) is 0 Å². The van der Waals surface area contributed by atoms with Crippen molar-refractivity contribution < 1.29 is 4.74 Å². The Hall–Kier alpha value is -2.20. The number of pyridine rings is 1. The Morgan fingerprint density at radius 2 is 2.23 bits per heavy atom. The van der Waals surface area contributed by atoms with Crippen LogP contribution in [0.5, 0.6) is 0 Å². The van der Waals surface area contributed by atoms with E-state index in [0.717, 1.165) is 42.9 Å². The molecule has 3 heterocycles. The second-order valence-corrected chi connectivity index (χ2v) is 5.88. The molecule has 1 aliphatic rings. The summed E-state index contributed by atoms with van der Waals surface area (Å²) in [6.07, 6.45) is 4.83. The smallest absolute Gasteiger partial charge is 0.162 e. The molecular weight excluding hydrogens is 274 g/mol. The van der Waals surface area contributed by atoms with Crippen LogP contribution < -0.4 is 0 Å². The molecule has 0 saturated carbocycles. The molecule has 1 fully saturated rings. The Morgan fingerprint density at radius 3 is 3.05 bits per heavy atom. The predicted octanol–water partition coefficient (Wildman–Crippen LogP) is 3.64. The van der Waals surface area contributed by atoms with E-state index in [4.69, 9.17) is 9.72 Å². The van der Waals surface area contributed by atoms with Gasteiger partial charge in [-0.05, 0) is 37.5 Å². The molecule has 1 saturated heterocycles. The Kier molecular flexibility index (Phi) is 3.39. The largest absolute Gasteiger partial charge is 0.358 e. The van der Waals surface area contributed by atoms with Gasteiger partial charge in [-0.25, -0.2) is 9.97 Å². The standard InChI is InChI=1S/C18H19N3O/c1-13-5-2-6-14(11-13)12-16-20-15-7-3-9-19-18(15)21(16)17-8-4-10-22-17/h2-3,5-7,9,11,17H,4,8,10,12H2,1H3. The fourth-order valence-electron chi connectivity index (χ4n) is 3.17. The molecule has 4 heteroatoms. The van der Waals surface area contributed by atoms with E-state index in [1.54, 1.807) is 0 Å². The summed E-state index contributed by atoms with van der Waals surface area (Å²) in [5, 5.41) is 0. The molecule has 22 heavy (non-hydrogen) atoms. The highest BCUT2D eigenvalue weighted by Crippen LogP contribution is 2.29. The number of rotatable bonds is 3. The summed E-state index contributed by atoms with van der Waals surface area (Å²) in [6.45, 7) is 2.94. The normalized spacial score (nSPS) is 18.1. The monoisotopic (exact) mass is 293 g/mol. The van der Waals surface area contributed by atoms with Gasteiger partial charge in [-0.2, -0.15) is 0 Å². The van der Waals surface area contributed by atoms with Gasteiger partial charge in [0.05, 0.1) is 0 Å². The van der Waals surface area contributed by atoms with Crippen molar-refractivity contribution in [2.24, 2.45) is 0 Å². The maximum Gasteiger partial charge on any atom is 0.162 e. The molecule has 1 unspecified atom stereocenters. The number of imidazole rings is 1. The van der Waals surface area contributed by atoms with Crippen LogP contribution in [-0.4, -0.2) is 21.1 Å². The van der Waals surface area contributed by atoms with Crippen LogP contribution in [0.15, 0.2) is 42.6 Å². The second-order valence-electron chi connectivity index (χ2n) is 5.88. The summed E-state index contributed by atoms with van der Waals surface area (Å²) in [5.41, 5.74) is 4.42. The van der Waals surface area contributed by atoms with E-state index in [0.29, 0.717) is 0 Å². The number of nitrogens with zero attached hydrogens (tertiary/aromatic N) is 3. The molecule has 4 nitrogen and oxygen atoms in total. The van der Waals surface area contributed by atoms with Gasteiger partial charge in [0.15, 0.2) is 5.65 Å². The van der Waals surface area contributed by atoms with Crippen LogP contribution in [0.4, 0.5) is 0 Å². The number of benzene rings is 1. The second kappa shape index (κ2) is 5.54. The maximum atomic E-state index is 5.89. The number of aryl methyl sites for hydroxylation is 1. The molecule has 2 aromatic heterocycles. The van der Waals surface area contributed by atoms with Gasteiger partial charge < -0.3 is 4.74 Å². The molecule has 0 radical (unpaired) electrons. The van der Waals surface area contributed by atoms with Crippen molar-refractivity contribution in [3.8, 4) is 0 Å². The van der Waals surface area contributed by atoms with Crippen LogP contribution in [-0.2, 0) is 11.2 Å². The van der Waals surface area contributed by atoms with Crippen LogP contribution in [0.25, 0.3) is 11.2 Å². The van der Waals surface area contributed by atoms with Crippen LogP contribution >= 0.6 is 0 Å². The molecule has 112 valence electrons. The Labute approximate surface area is 129 Å². The molecule has 1 atom stereocenters. The minimum absolute atomic E-state index is 0.0692. The van der Waals surface area contributed by atoms with Crippen molar-refractivity contribution in [2.45, 2.75) is 32.4 Å². The Bertz CT molecular complexity index is 803.